The summed E-state index contributed by atoms with van der Waals surface area (Å²) in [6, 6.07) is 12.9. The lowest BCUT2D eigenvalue weighted by atomic mass is 9.99. The Morgan fingerprint density at radius 2 is 1.88 bits per heavy atom. The number of carbonyl (C=O) groups is 1. The molecule has 2 fully saturated rings. The van der Waals surface area contributed by atoms with Gasteiger partial charge in [-0.2, -0.15) is 4.31 Å². The summed E-state index contributed by atoms with van der Waals surface area (Å²) in [7, 11) is -3.44. The van der Waals surface area contributed by atoms with Crippen LogP contribution >= 0.6 is 11.3 Å². The second-order valence-electron chi connectivity index (χ2n) is 6.70. The molecule has 1 amide bonds. The Kier molecular flexibility index (Phi) is 4.60. The van der Waals surface area contributed by atoms with Gasteiger partial charge in [0.1, 0.15) is 9.87 Å². The number of benzene rings is 1. The van der Waals surface area contributed by atoms with Crippen molar-refractivity contribution >= 4 is 27.3 Å². The van der Waals surface area contributed by atoms with Crippen molar-refractivity contribution in [1.29, 1.82) is 0 Å². The van der Waals surface area contributed by atoms with E-state index < -0.39 is 15.7 Å². The second kappa shape index (κ2) is 6.77. The molecule has 1 unspecified atom stereocenters. The normalized spacial score (nSPS) is 23.2. The summed E-state index contributed by atoms with van der Waals surface area (Å²) < 4.78 is 27.1. The van der Waals surface area contributed by atoms with Crippen LogP contribution in [0, 0.1) is 0 Å². The van der Waals surface area contributed by atoms with Gasteiger partial charge in [0.2, 0.25) is 0 Å². The van der Waals surface area contributed by atoms with E-state index in [2.05, 4.69) is 10.6 Å². The van der Waals surface area contributed by atoms with Gasteiger partial charge in [0.25, 0.3) is 15.9 Å². The Balaban J connectivity index is 1.42. The van der Waals surface area contributed by atoms with E-state index in [4.69, 9.17) is 0 Å². The minimum Gasteiger partial charge on any atom is -0.281 e. The van der Waals surface area contributed by atoms with Crippen LogP contribution in [-0.2, 0) is 21.2 Å². The lowest BCUT2D eigenvalue weighted by molar-refractivity contribution is -0.121. The summed E-state index contributed by atoms with van der Waals surface area (Å²) in [5.41, 5.74) is 0.459. The molecule has 1 atom stereocenters. The molecule has 2 saturated heterocycles. The van der Waals surface area contributed by atoms with Crippen LogP contribution < -0.4 is 10.6 Å². The Morgan fingerprint density at radius 3 is 2.54 bits per heavy atom. The zero-order chi connectivity index (χ0) is 18.2. The highest BCUT2D eigenvalue weighted by Crippen LogP contribution is 2.30. The van der Waals surface area contributed by atoms with Crippen LogP contribution in [0.1, 0.15) is 18.4 Å². The number of carbonyl (C=O) groups excluding carboxylic acids is 1. The molecular weight excluding hydrogens is 370 g/mol. The third kappa shape index (κ3) is 3.29. The number of nitrogens with zero attached hydrogens (tertiary/aromatic N) is 2. The molecular formula is C18H20N3O3S2. The van der Waals surface area contributed by atoms with E-state index in [1.54, 1.807) is 17.5 Å². The first-order valence-corrected chi connectivity index (χ1v) is 10.9. The average molecular weight is 391 g/mol. The topological polar surface area (TPSA) is 80.6 Å². The molecule has 0 saturated carbocycles. The molecule has 1 aromatic carbocycles. The van der Waals surface area contributed by atoms with E-state index in [1.165, 1.54) is 15.6 Å². The number of hydrogen-bond donors (Lipinski definition) is 1. The molecule has 137 valence electrons. The average Bonchev–Trinajstić information content (AvgIpc) is 3.26. The quantitative estimate of drug-likeness (QED) is 0.859. The third-order valence-corrected chi connectivity index (χ3v) is 8.26. The summed E-state index contributed by atoms with van der Waals surface area (Å²) in [4.78, 5) is 12.4. The van der Waals surface area contributed by atoms with Gasteiger partial charge in [0.05, 0.1) is 6.04 Å². The number of rotatable bonds is 4. The molecule has 0 aliphatic carbocycles. The Morgan fingerprint density at radius 1 is 1.15 bits per heavy atom. The van der Waals surface area contributed by atoms with Crippen LogP contribution in [-0.4, -0.2) is 43.4 Å². The fourth-order valence-electron chi connectivity index (χ4n) is 3.59. The zero-order valence-corrected chi connectivity index (χ0v) is 15.8. The molecule has 2 aliphatic rings. The fraction of sp³-hybridized carbons (Fsp3) is 0.389. The van der Waals surface area contributed by atoms with Crippen LogP contribution in [0.2, 0.25) is 0 Å². The second-order valence-corrected chi connectivity index (χ2v) is 9.82. The minimum atomic E-state index is -3.44. The van der Waals surface area contributed by atoms with Gasteiger partial charge in [0.15, 0.2) is 0 Å². The third-order valence-electron chi connectivity index (χ3n) is 4.99. The highest BCUT2D eigenvalue weighted by molar-refractivity contribution is 7.91. The van der Waals surface area contributed by atoms with E-state index >= 15 is 0 Å². The van der Waals surface area contributed by atoms with Gasteiger partial charge in [-0.1, -0.05) is 36.4 Å². The number of sulfonamides is 1. The van der Waals surface area contributed by atoms with Crippen molar-refractivity contribution in [1.82, 2.24) is 14.9 Å². The van der Waals surface area contributed by atoms with Crippen molar-refractivity contribution in [3.63, 3.8) is 0 Å². The highest BCUT2D eigenvalue weighted by atomic mass is 32.2. The first-order chi connectivity index (χ1) is 12.5. The number of amides is 1. The maximum atomic E-state index is 12.6. The van der Waals surface area contributed by atoms with Crippen LogP contribution in [0.3, 0.4) is 0 Å². The lowest BCUT2D eigenvalue weighted by Gasteiger charge is -2.37. The number of nitrogens with one attached hydrogen (secondary N) is 1. The summed E-state index contributed by atoms with van der Waals surface area (Å²) in [6.07, 6.45) is 1.62. The van der Waals surface area contributed by atoms with Gasteiger partial charge in [-0.05, 0) is 36.3 Å². The smallest absolute Gasteiger partial charge is 0.260 e. The molecule has 1 spiro atoms. The lowest BCUT2D eigenvalue weighted by Crippen LogP contribution is -2.56. The predicted molar refractivity (Wildman–Crippen MR) is 99.3 cm³/mol. The van der Waals surface area contributed by atoms with Gasteiger partial charge in [-0.3, -0.25) is 10.1 Å². The molecule has 1 radical (unpaired) electrons. The Hall–Kier alpha value is -1.74. The van der Waals surface area contributed by atoms with Crippen molar-refractivity contribution in [2.45, 2.75) is 35.2 Å². The molecule has 4 rings (SSSR count). The molecule has 0 bridgehead atoms. The summed E-state index contributed by atoms with van der Waals surface area (Å²) in [6.45, 7) is 0.726. The number of hydrogen-bond acceptors (Lipinski definition) is 5. The van der Waals surface area contributed by atoms with E-state index in [1.807, 2.05) is 30.3 Å². The minimum absolute atomic E-state index is 0.136. The van der Waals surface area contributed by atoms with E-state index in [9.17, 15) is 13.2 Å². The van der Waals surface area contributed by atoms with Gasteiger partial charge >= 0.3 is 0 Å². The first kappa shape index (κ1) is 17.7. The molecule has 1 N–H and O–H groups in total. The SMILES string of the molecule is O=C1[N]C2(CCN(S(=O)(=O)c3cccs3)CC2)NC1Cc1ccccc1. The van der Waals surface area contributed by atoms with E-state index in [0.29, 0.717) is 36.6 Å². The molecule has 6 nitrogen and oxygen atoms in total. The van der Waals surface area contributed by atoms with Gasteiger partial charge in [-0.25, -0.2) is 13.7 Å². The first-order valence-electron chi connectivity index (χ1n) is 8.61. The number of thiophene rings is 1. The van der Waals surface area contributed by atoms with Crippen LogP contribution in [0.5, 0.6) is 0 Å². The Bertz CT molecular complexity index is 874. The van der Waals surface area contributed by atoms with Crippen molar-refractivity contribution in [2.24, 2.45) is 0 Å². The van der Waals surface area contributed by atoms with Crippen LogP contribution in [0.25, 0.3) is 0 Å². The molecule has 26 heavy (non-hydrogen) atoms. The molecule has 2 aromatic rings. The van der Waals surface area contributed by atoms with Gasteiger partial charge in [-0.15, -0.1) is 11.3 Å². The Labute approximate surface area is 157 Å². The monoisotopic (exact) mass is 390 g/mol. The van der Waals surface area contributed by atoms with Crippen molar-refractivity contribution < 1.29 is 13.2 Å². The zero-order valence-electron chi connectivity index (χ0n) is 14.2. The van der Waals surface area contributed by atoms with Gasteiger partial charge in [0, 0.05) is 13.1 Å². The molecule has 3 heterocycles. The molecule has 2 aliphatic heterocycles. The highest BCUT2D eigenvalue weighted by Gasteiger charge is 2.48. The van der Waals surface area contributed by atoms with E-state index in [-0.39, 0.29) is 11.9 Å². The van der Waals surface area contributed by atoms with Crippen molar-refractivity contribution in [3.8, 4) is 0 Å². The number of piperidine rings is 1. The standard InChI is InChI=1S/C18H20N3O3S2/c22-17-15(13-14-5-2-1-3-6-14)19-18(20-17)8-10-21(11-9-18)26(23,24)16-7-4-12-25-16/h1-7,12,15,19H,8-11,13H2. The predicted octanol–water partition coefficient (Wildman–Crippen LogP) is 1.57. The molecule has 8 heteroatoms. The van der Waals surface area contributed by atoms with E-state index in [0.717, 1.165) is 5.56 Å². The van der Waals surface area contributed by atoms with Crippen LogP contribution in [0.4, 0.5) is 0 Å². The van der Waals surface area contributed by atoms with Crippen molar-refractivity contribution in [2.75, 3.05) is 13.1 Å². The maximum absolute atomic E-state index is 12.6. The summed E-state index contributed by atoms with van der Waals surface area (Å²) in [5, 5.41) is 9.51. The summed E-state index contributed by atoms with van der Waals surface area (Å²) in [5.74, 6) is -0.136. The molecule has 1 aromatic heterocycles. The van der Waals surface area contributed by atoms with Gasteiger partial charge < -0.3 is 0 Å². The summed E-state index contributed by atoms with van der Waals surface area (Å²) >= 11 is 1.23. The largest absolute Gasteiger partial charge is 0.281 e. The van der Waals surface area contributed by atoms with Crippen molar-refractivity contribution in [3.05, 3.63) is 53.4 Å². The van der Waals surface area contributed by atoms with Crippen LogP contribution in [0.15, 0.2) is 52.1 Å². The maximum Gasteiger partial charge on any atom is 0.260 e. The fourth-order valence-corrected chi connectivity index (χ4v) is 6.17.